The number of hydrogen-bond acceptors (Lipinski definition) is 5. The molecule has 0 bridgehead atoms. The molecular formula is C15H19NO4. The molecule has 1 aromatic heterocycles. The van der Waals surface area contributed by atoms with Crippen molar-refractivity contribution in [2.24, 2.45) is 5.92 Å². The number of furan rings is 1. The van der Waals surface area contributed by atoms with Crippen LogP contribution < -0.4 is 5.73 Å². The average molecular weight is 277 g/mol. The van der Waals surface area contributed by atoms with Crippen molar-refractivity contribution in [1.82, 2.24) is 0 Å². The predicted octanol–water partition coefficient (Wildman–Crippen LogP) is 2.84. The van der Waals surface area contributed by atoms with Crippen LogP contribution in [-0.2, 0) is 9.47 Å². The Hall–Kier alpha value is -2.01. The predicted molar refractivity (Wildman–Crippen MR) is 76.6 cm³/mol. The molecule has 0 fully saturated rings. The highest BCUT2D eigenvalue weighted by molar-refractivity contribution is 5.93. The highest BCUT2D eigenvalue weighted by Gasteiger charge is 2.13. The van der Waals surface area contributed by atoms with Gasteiger partial charge >= 0.3 is 5.97 Å². The van der Waals surface area contributed by atoms with Gasteiger partial charge in [0.1, 0.15) is 12.2 Å². The normalized spacial score (nSPS) is 11.2. The quantitative estimate of drug-likeness (QED) is 0.499. The number of anilines is 1. The van der Waals surface area contributed by atoms with Gasteiger partial charge in [-0.15, -0.1) is 0 Å². The number of esters is 1. The number of carbonyl (C=O) groups is 1. The number of hydrogen-bond donors (Lipinski definition) is 1. The lowest BCUT2D eigenvalue weighted by atomic mass is 10.2. The number of nitrogen functional groups attached to an aromatic ring is 1. The second kappa shape index (κ2) is 6.43. The summed E-state index contributed by atoms with van der Waals surface area (Å²) in [6.45, 7) is 5.38. The van der Waals surface area contributed by atoms with Crippen LogP contribution in [-0.4, -0.2) is 25.8 Å². The second-order valence-electron chi connectivity index (χ2n) is 5.01. The molecule has 0 saturated carbocycles. The van der Waals surface area contributed by atoms with Crippen LogP contribution in [0.1, 0.15) is 24.4 Å². The smallest absolute Gasteiger partial charge is 0.374 e. The monoisotopic (exact) mass is 277 g/mol. The Kier molecular flexibility index (Phi) is 4.63. The minimum atomic E-state index is -0.493. The van der Waals surface area contributed by atoms with Gasteiger partial charge in [-0.05, 0) is 30.2 Å². The molecule has 0 aliphatic heterocycles. The van der Waals surface area contributed by atoms with E-state index in [2.05, 4.69) is 13.8 Å². The molecule has 0 atom stereocenters. The van der Waals surface area contributed by atoms with E-state index < -0.39 is 5.97 Å². The Bertz CT molecular complexity index is 589. The molecule has 0 aliphatic rings. The first-order valence-corrected chi connectivity index (χ1v) is 6.60. The molecule has 0 spiro atoms. The summed E-state index contributed by atoms with van der Waals surface area (Å²) in [6.07, 6.45) is 0. The summed E-state index contributed by atoms with van der Waals surface area (Å²) in [6, 6.07) is 6.83. The summed E-state index contributed by atoms with van der Waals surface area (Å²) in [7, 11) is 0. The number of ether oxygens (including phenoxy) is 2. The molecule has 5 heteroatoms. The SMILES string of the molecule is CC(C)COCCOC(=O)c1cc2cc(N)ccc2o1. The van der Waals surface area contributed by atoms with Crippen LogP contribution in [0.15, 0.2) is 28.7 Å². The summed E-state index contributed by atoms with van der Waals surface area (Å²) in [5, 5.41) is 0.785. The van der Waals surface area contributed by atoms with Gasteiger partial charge in [0.15, 0.2) is 0 Å². The third-order valence-electron chi connectivity index (χ3n) is 2.65. The van der Waals surface area contributed by atoms with Gasteiger partial charge in [0.05, 0.1) is 6.61 Å². The summed E-state index contributed by atoms with van der Waals surface area (Å²) in [5.41, 5.74) is 6.91. The van der Waals surface area contributed by atoms with Gasteiger partial charge in [0.25, 0.3) is 0 Å². The van der Waals surface area contributed by atoms with Crippen molar-refractivity contribution in [3.63, 3.8) is 0 Å². The van der Waals surface area contributed by atoms with E-state index in [0.717, 1.165) is 5.39 Å². The van der Waals surface area contributed by atoms with Gasteiger partial charge in [0.2, 0.25) is 5.76 Å². The van der Waals surface area contributed by atoms with Crippen molar-refractivity contribution in [1.29, 1.82) is 0 Å². The van der Waals surface area contributed by atoms with Crippen molar-refractivity contribution < 1.29 is 18.7 Å². The molecule has 1 heterocycles. The number of carbonyl (C=O) groups excluding carboxylic acids is 1. The lowest BCUT2D eigenvalue weighted by molar-refractivity contribution is 0.0252. The third-order valence-corrected chi connectivity index (χ3v) is 2.65. The molecule has 0 saturated heterocycles. The van der Waals surface area contributed by atoms with E-state index in [1.807, 2.05) is 0 Å². The van der Waals surface area contributed by atoms with Crippen molar-refractivity contribution in [2.75, 3.05) is 25.6 Å². The van der Waals surface area contributed by atoms with Crippen LogP contribution in [0.2, 0.25) is 0 Å². The topological polar surface area (TPSA) is 74.7 Å². The number of benzene rings is 1. The van der Waals surface area contributed by atoms with Crippen molar-refractivity contribution in [3.8, 4) is 0 Å². The molecule has 2 N–H and O–H groups in total. The van der Waals surface area contributed by atoms with Crippen molar-refractivity contribution in [2.45, 2.75) is 13.8 Å². The van der Waals surface area contributed by atoms with Gasteiger partial charge in [0, 0.05) is 17.7 Å². The Morgan fingerprint density at radius 2 is 2.10 bits per heavy atom. The molecule has 1 aromatic carbocycles. The lowest BCUT2D eigenvalue weighted by Gasteiger charge is -2.06. The van der Waals surface area contributed by atoms with E-state index in [0.29, 0.717) is 30.4 Å². The van der Waals surface area contributed by atoms with E-state index in [4.69, 9.17) is 19.6 Å². The minimum Gasteiger partial charge on any atom is -0.457 e. The minimum absolute atomic E-state index is 0.175. The van der Waals surface area contributed by atoms with Crippen LogP contribution in [0.3, 0.4) is 0 Å². The Balaban J connectivity index is 1.88. The van der Waals surface area contributed by atoms with Crippen LogP contribution in [0.25, 0.3) is 11.0 Å². The zero-order valence-corrected chi connectivity index (χ0v) is 11.7. The highest BCUT2D eigenvalue weighted by Crippen LogP contribution is 2.22. The Labute approximate surface area is 117 Å². The fraction of sp³-hybridized carbons (Fsp3) is 0.400. The molecular weight excluding hydrogens is 258 g/mol. The first kappa shape index (κ1) is 14.4. The highest BCUT2D eigenvalue weighted by atomic mass is 16.6. The Morgan fingerprint density at radius 1 is 1.30 bits per heavy atom. The van der Waals surface area contributed by atoms with Crippen molar-refractivity contribution >= 4 is 22.6 Å². The van der Waals surface area contributed by atoms with Gasteiger partial charge < -0.3 is 19.6 Å². The number of rotatable bonds is 6. The molecule has 0 unspecified atom stereocenters. The van der Waals surface area contributed by atoms with Crippen LogP contribution in [0.4, 0.5) is 5.69 Å². The van der Waals surface area contributed by atoms with E-state index >= 15 is 0 Å². The molecule has 2 rings (SSSR count). The zero-order valence-electron chi connectivity index (χ0n) is 11.7. The third kappa shape index (κ3) is 3.74. The average Bonchev–Trinajstić information content (AvgIpc) is 2.80. The molecule has 108 valence electrons. The van der Waals surface area contributed by atoms with E-state index in [-0.39, 0.29) is 12.4 Å². The summed E-state index contributed by atoms with van der Waals surface area (Å²) in [5.74, 6) is 0.147. The standard InChI is InChI=1S/C15H19NO4/c1-10(2)9-18-5-6-19-15(17)14-8-11-7-12(16)3-4-13(11)20-14/h3-4,7-8,10H,5-6,9,16H2,1-2H3. The van der Waals surface area contributed by atoms with Crippen LogP contribution >= 0.6 is 0 Å². The summed E-state index contributed by atoms with van der Waals surface area (Å²) in [4.78, 5) is 11.8. The van der Waals surface area contributed by atoms with Gasteiger partial charge in [-0.25, -0.2) is 4.79 Å². The second-order valence-corrected chi connectivity index (χ2v) is 5.01. The lowest BCUT2D eigenvalue weighted by Crippen LogP contribution is -2.12. The van der Waals surface area contributed by atoms with E-state index in [9.17, 15) is 4.79 Å². The van der Waals surface area contributed by atoms with Gasteiger partial charge in [-0.3, -0.25) is 0 Å². The zero-order chi connectivity index (χ0) is 14.5. The van der Waals surface area contributed by atoms with Crippen LogP contribution in [0.5, 0.6) is 0 Å². The fourth-order valence-corrected chi connectivity index (χ4v) is 1.75. The first-order chi connectivity index (χ1) is 9.56. The number of nitrogens with two attached hydrogens (primary N) is 1. The van der Waals surface area contributed by atoms with E-state index in [1.165, 1.54) is 0 Å². The van der Waals surface area contributed by atoms with Gasteiger partial charge in [-0.2, -0.15) is 0 Å². The molecule has 2 aromatic rings. The van der Waals surface area contributed by atoms with Gasteiger partial charge in [-0.1, -0.05) is 13.8 Å². The maximum Gasteiger partial charge on any atom is 0.374 e. The van der Waals surface area contributed by atoms with Crippen LogP contribution in [0, 0.1) is 5.92 Å². The Morgan fingerprint density at radius 3 is 2.85 bits per heavy atom. The maximum atomic E-state index is 11.8. The molecule has 0 radical (unpaired) electrons. The number of fused-ring (bicyclic) bond motifs is 1. The summed E-state index contributed by atoms with van der Waals surface area (Å²) < 4.78 is 15.8. The molecule has 5 nitrogen and oxygen atoms in total. The molecule has 0 aliphatic carbocycles. The molecule has 20 heavy (non-hydrogen) atoms. The first-order valence-electron chi connectivity index (χ1n) is 6.60. The fourth-order valence-electron chi connectivity index (χ4n) is 1.75. The largest absolute Gasteiger partial charge is 0.457 e. The maximum absolute atomic E-state index is 11.8. The van der Waals surface area contributed by atoms with E-state index in [1.54, 1.807) is 24.3 Å². The summed E-state index contributed by atoms with van der Waals surface area (Å²) >= 11 is 0. The molecule has 0 amide bonds. The van der Waals surface area contributed by atoms with Crippen molar-refractivity contribution in [3.05, 3.63) is 30.0 Å².